The van der Waals surface area contributed by atoms with E-state index in [0.717, 1.165) is 0 Å². The Morgan fingerprint density at radius 3 is 2.36 bits per heavy atom. The molecule has 0 fully saturated rings. The van der Waals surface area contributed by atoms with Crippen LogP contribution in [-0.2, 0) is 4.79 Å². The first kappa shape index (κ1) is 18.4. The van der Waals surface area contributed by atoms with Crippen LogP contribution in [-0.4, -0.2) is 22.6 Å². The van der Waals surface area contributed by atoms with Gasteiger partial charge in [-0.2, -0.15) is 5.10 Å². The molecule has 2 rings (SSSR count). The van der Waals surface area contributed by atoms with Crippen molar-refractivity contribution in [1.82, 2.24) is 5.43 Å². The van der Waals surface area contributed by atoms with E-state index in [1.54, 1.807) is 38.1 Å². The fourth-order valence-electron chi connectivity index (χ4n) is 1.83. The van der Waals surface area contributed by atoms with Gasteiger partial charge in [0.05, 0.1) is 11.1 Å². The second kappa shape index (κ2) is 7.76. The van der Waals surface area contributed by atoms with Crippen molar-refractivity contribution in [1.29, 1.82) is 0 Å². The summed E-state index contributed by atoms with van der Waals surface area (Å²) in [5, 5.41) is 15.0. The molecule has 0 bridgehead atoms. The zero-order chi connectivity index (χ0) is 18.4. The highest BCUT2D eigenvalue weighted by molar-refractivity contribution is 6.30. The standard InChI is InChI=1S/C17H16ClN3O4/c1-17(2,25-15-9-5-13(18)6-10-15)16(22)20-19-11-12-3-7-14(8-4-12)21(23)24/h3-11H,1-2H3,(H,20,22)/b19-11-. The molecule has 0 saturated carbocycles. The quantitative estimate of drug-likeness (QED) is 0.483. The van der Waals surface area contributed by atoms with Crippen molar-refractivity contribution < 1.29 is 14.5 Å². The molecule has 7 nitrogen and oxygen atoms in total. The van der Waals surface area contributed by atoms with Gasteiger partial charge in [-0.15, -0.1) is 0 Å². The predicted octanol–water partition coefficient (Wildman–Crippen LogP) is 3.56. The Morgan fingerprint density at radius 2 is 1.80 bits per heavy atom. The number of non-ortho nitro benzene ring substituents is 1. The van der Waals surface area contributed by atoms with Crippen LogP contribution < -0.4 is 10.2 Å². The molecule has 0 spiro atoms. The minimum absolute atomic E-state index is 0.0151. The fourth-order valence-corrected chi connectivity index (χ4v) is 1.95. The highest BCUT2D eigenvalue weighted by Crippen LogP contribution is 2.21. The summed E-state index contributed by atoms with van der Waals surface area (Å²) < 4.78 is 5.64. The lowest BCUT2D eigenvalue weighted by Gasteiger charge is -2.24. The third-order valence-electron chi connectivity index (χ3n) is 3.22. The lowest BCUT2D eigenvalue weighted by Crippen LogP contribution is -2.44. The van der Waals surface area contributed by atoms with Gasteiger partial charge in [0, 0.05) is 17.2 Å². The van der Waals surface area contributed by atoms with Crippen LogP contribution in [0.3, 0.4) is 0 Å². The number of rotatable bonds is 6. The largest absolute Gasteiger partial charge is 0.478 e. The lowest BCUT2D eigenvalue weighted by atomic mass is 10.1. The molecule has 1 N–H and O–H groups in total. The van der Waals surface area contributed by atoms with E-state index in [2.05, 4.69) is 10.5 Å². The van der Waals surface area contributed by atoms with Crippen LogP contribution in [0.4, 0.5) is 5.69 Å². The van der Waals surface area contributed by atoms with Gasteiger partial charge in [0.15, 0.2) is 5.60 Å². The van der Waals surface area contributed by atoms with E-state index in [0.29, 0.717) is 16.3 Å². The highest BCUT2D eigenvalue weighted by atomic mass is 35.5. The topological polar surface area (TPSA) is 93.8 Å². The number of hydrogen-bond acceptors (Lipinski definition) is 5. The maximum atomic E-state index is 12.2. The fraction of sp³-hybridized carbons (Fsp3) is 0.176. The average molecular weight is 362 g/mol. The Morgan fingerprint density at radius 1 is 1.20 bits per heavy atom. The Balaban J connectivity index is 1.95. The van der Waals surface area contributed by atoms with Crippen molar-refractivity contribution in [3.05, 3.63) is 69.2 Å². The highest BCUT2D eigenvalue weighted by Gasteiger charge is 2.29. The van der Waals surface area contributed by atoms with Crippen molar-refractivity contribution in [2.45, 2.75) is 19.4 Å². The number of hydrogen-bond donors (Lipinski definition) is 1. The lowest BCUT2D eigenvalue weighted by molar-refractivity contribution is -0.384. The smallest absolute Gasteiger partial charge is 0.283 e. The summed E-state index contributed by atoms with van der Waals surface area (Å²) in [7, 11) is 0. The normalized spacial score (nSPS) is 11.3. The number of carbonyl (C=O) groups excluding carboxylic acids is 1. The van der Waals surface area contributed by atoms with Crippen LogP contribution in [0.1, 0.15) is 19.4 Å². The zero-order valence-electron chi connectivity index (χ0n) is 13.6. The van der Waals surface area contributed by atoms with E-state index >= 15 is 0 Å². The Hall–Kier alpha value is -2.93. The van der Waals surface area contributed by atoms with Gasteiger partial charge >= 0.3 is 0 Å². The minimum atomic E-state index is -1.15. The van der Waals surface area contributed by atoms with Crippen molar-refractivity contribution >= 4 is 29.4 Å². The summed E-state index contributed by atoms with van der Waals surface area (Å²) >= 11 is 5.81. The molecule has 8 heteroatoms. The summed E-state index contributed by atoms with van der Waals surface area (Å²) in [5.74, 6) is 0.0597. The van der Waals surface area contributed by atoms with Gasteiger partial charge in [0.25, 0.3) is 11.6 Å². The monoisotopic (exact) mass is 361 g/mol. The van der Waals surface area contributed by atoms with Crippen LogP contribution in [0.5, 0.6) is 5.75 Å². The molecule has 25 heavy (non-hydrogen) atoms. The summed E-state index contributed by atoms with van der Waals surface area (Å²) in [6, 6.07) is 12.4. The second-order valence-electron chi connectivity index (χ2n) is 5.61. The molecule has 0 unspecified atom stereocenters. The molecule has 0 aliphatic carbocycles. The first-order valence-electron chi connectivity index (χ1n) is 7.30. The Kier molecular flexibility index (Phi) is 5.71. The number of nitro benzene ring substituents is 1. The van der Waals surface area contributed by atoms with Crippen molar-refractivity contribution in [3.8, 4) is 5.75 Å². The molecule has 0 atom stereocenters. The van der Waals surface area contributed by atoms with Gasteiger partial charge in [-0.1, -0.05) is 11.6 Å². The maximum absolute atomic E-state index is 12.2. The minimum Gasteiger partial charge on any atom is -0.478 e. The molecule has 0 heterocycles. The third-order valence-corrected chi connectivity index (χ3v) is 3.47. The molecule has 0 saturated heterocycles. The zero-order valence-corrected chi connectivity index (χ0v) is 14.4. The summed E-state index contributed by atoms with van der Waals surface area (Å²) in [4.78, 5) is 22.3. The molecule has 130 valence electrons. The third kappa shape index (κ3) is 5.29. The number of nitrogens with one attached hydrogen (secondary N) is 1. The first-order valence-corrected chi connectivity index (χ1v) is 7.68. The number of carbonyl (C=O) groups is 1. The molecule has 0 radical (unpaired) electrons. The number of halogens is 1. The average Bonchev–Trinajstić information content (AvgIpc) is 2.57. The van der Waals surface area contributed by atoms with Crippen molar-refractivity contribution in [3.63, 3.8) is 0 Å². The van der Waals surface area contributed by atoms with Gasteiger partial charge in [0.1, 0.15) is 5.75 Å². The molecule has 0 aromatic heterocycles. The molecule has 1 amide bonds. The number of hydrazone groups is 1. The van der Waals surface area contributed by atoms with Crippen LogP contribution in [0, 0.1) is 10.1 Å². The number of nitro groups is 1. The summed E-state index contributed by atoms with van der Waals surface area (Å²) in [5.41, 5.74) is 1.83. The predicted molar refractivity (Wildman–Crippen MR) is 95.0 cm³/mol. The summed E-state index contributed by atoms with van der Waals surface area (Å²) in [6.07, 6.45) is 1.39. The molecule has 2 aromatic carbocycles. The second-order valence-corrected chi connectivity index (χ2v) is 6.05. The van der Waals surface area contributed by atoms with Gasteiger partial charge < -0.3 is 4.74 Å². The maximum Gasteiger partial charge on any atom is 0.283 e. The van der Waals surface area contributed by atoms with Gasteiger partial charge in [-0.05, 0) is 55.8 Å². The van der Waals surface area contributed by atoms with Crippen molar-refractivity contribution in [2.75, 3.05) is 0 Å². The number of nitrogens with zero attached hydrogens (tertiary/aromatic N) is 2. The van der Waals surface area contributed by atoms with Crippen molar-refractivity contribution in [2.24, 2.45) is 5.10 Å². The van der Waals surface area contributed by atoms with E-state index in [4.69, 9.17) is 16.3 Å². The number of amides is 1. The van der Waals surface area contributed by atoms with Gasteiger partial charge in [-0.25, -0.2) is 5.43 Å². The van der Waals surface area contributed by atoms with Gasteiger partial charge in [0.2, 0.25) is 0 Å². The van der Waals surface area contributed by atoms with Crippen LogP contribution >= 0.6 is 11.6 Å². The van der Waals surface area contributed by atoms with E-state index in [1.807, 2.05) is 0 Å². The van der Waals surface area contributed by atoms with E-state index in [-0.39, 0.29) is 5.69 Å². The SMILES string of the molecule is CC(C)(Oc1ccc(Cl)cc1)C(=O)N/N=C\c1ccc([N+](=O)[O-])cc1. The molecule has 0 aliphatic rings. The Labute approximate surface area is 149 Å². The van der Waals surface area contributed by atoms with E-state index in [9.17, 15) is 14.9 Å². The van der Waals surface area contributed by atoms with Gasteiger partial charge in [-0.3, -0.25) is 14.9 Å². The molecule has 0 aliphatic heterocycles. The van der Waals surface area contributed by atoms with Crippen LogP contribution in [0.2, 0.25) is 5.02 Å². The summed E-state index contributed by atoms with van der Waals surface area (Å²) in [6.45, 7) is 3.22. The van der Waals surface area contributed by atoms with E-state index < -0.39 is 16.4 Å². The number of benzene rings is 2. The molecular weight excluding hydrogens is 346 g/mol. The van der Waals surface area contributed by atoms with Crippen LogP contribution in [0.15, 0.2) is 53.6 Å². The molecular formula is C17H16ClN3O4. The number of ether oxygens (including phenoxy) is 1. The first-order chi connectivity index (χ1) is 11.8. The Bertz CT molecular complexity index is 787. The molecule has 2 aromatic rings. The van der Waals surface area contributed by atoms with Crippen LogP contribution in [0.25, 0.3) is 0 Å². The van der Waals surface area contributed by atoms with E-state index in [1.165, 1.54) is 30.5 Å².